The molecule has 3 rings (SSSR count). The van der Waals surface area contributed by atoms with Gasteiger partial charge >= 0.3 is 0 Å². The molecule has 0 spiro atoms. The Kier molecular flexibility index (Phi) is 4.46. The van der Waals surface area contributed by atoms with Crippen molar-refractivity contribution in [1.82, 2.24) is 20.0 Å². The lowest BCUT2D eigenvalue weighted by Crippen LogP contribution is -2.43. The summed E-state index contributed by atoms with van der Waals surface area (Å²) in [5, 5.41) is 22.1. The number of aromatic amines is 1. The maximum absolute atomic E-state index is 9.05. The number of fused-ring (bicyclic) bond motifs is 1. The standard InChI is InChI=1S/C18H26N4O2Si/c1-18(2,3)25(4,5)24-13-6-7-15-14(12-13)17(20-19-15)16-8-9-22(21-16)10-11-23/h6-9,12,23H,10-11H2,1-5H3,(H,19,20). The van der Waals surface area contributed by atoms with Crippen molar-refractivity contribution in [2.45, 2.75) is 45.4 Å². The number of nitrogens with zero attached hydrogens (tertiary/aromatic N) is 3. The van der Waals surface area contributed by atoms with Crippen LogP contribution in [0.25, 0.3) is 22.3 Å². The first-order valence-corrected chi connectivity index (χ1v) is 11.4. The highest BCUT2D eigenvalue weighted by Gasteiger charge is 2.39. The van der Waals surface area contributed by atoms with Gasteiger partial charge in [0.2, 0.25) is 8.32 Å². The zero-order valence-electron chi connectivity index (χ0n) is 15.5. The van der Waals surface area contributed by atoms with Gasteiger partial charge in [0.15, 0.2) is 0 Å². The van der Waals surface area contributed by atoms with E-state index in [4.69, 9.17) is 9.53 Å². The lowest BCUT2D eigenvalue weighted by atomic mass is 10.1. The van der Waals surface area contributed by atoms with E-state index in [0.717, 1.165) is 28.0 Å². The van der Waals surface area contributed by atoms with Crippen molar-refractivity contribution in [3.8, 4) is 17.1 Å². The Morgan fingerprint density at radius 2 is 2.00 bits per heavy atom. The summed E-state index contributed by atoms with van der Waals surface area (Å²) >= 11 is 0. The van der Waals surface area contributed by atoms with Crippen LogP contribution in [0.5, 0.6) is 5.75 Å². The third kappa shape index (κ3) is 3.47. The van der Waals surface area contributed by atoms with Crippen molar-refractivity contribution in [2.75, 3.05) is 6.61 Å². The van der Waals surface area contributed by atoms with Crippen LogP contribution in [-0.4, -0.2) is 40.0 Å². The highest BCUT2D eigenvalue weighted by atomic mass is 28.4. The Morgan fingerprint density at radius 3 is 2.68 bits per heavy atom. The number of nitrogens with one attached hydrogen (secondary N) is 1. The molecule has 0 saturated carbocycles. The fourth-order valence-electron chi connectivity index (χ4n) is 2.41. The molecule has 1 aromatic carbocycles. The number of hydrogen-bond acceptors (Lipinski definition) is 4. The molecule has 25 heavy (non-hydrogen) atoms. The van der Waals surface area contributed by atoms with Gasteiger partial charge in [0.1, 0.15) is 17.1 Å². The number of aromatic nitrogens is 4. The van der Waals surface area contributed by atoms with Crippen LogP contribution in [-0.2, 0) is 6.54 Å². The van der Waals surface area contributed by atoms with Crippen molar-refractivity contribution < 1.29 is 9.53 Å². The smallest absolute Gasteiger partial charge is 0.250 e. The van der Waals surface area contributed by atoms with E-state index in [1.807, 2.05) is 30.5 Å². The van der Waals surface area contributed by atoms with Gasteiger partial charge in [0.25, 0.3) is 0 Å². The highest BCUT2D eigenvalue weighted by molar-refractivity contribution is 6.74. The fraction of sp³-hybridized carbons (Fsp3) is 0.444. The molecule has 0 saturated heterocycles. The molecule has 0 radical (unpaired) electrons. The molecule has 2 N–H and O–H groups in total. The quantitative estimate of drug-likeness (QED) is 0.680. The minimum atomic E-state index is -1.89. The number of rotatable bonds is 5. The van der Waals surface area contributed by atoms with Crippen LogP contribution in [0, 0.1) is 0 Å². The summed E-state index contributed by atoms with van der Waals surface area (Å²) < 4.78 is 8.13. The summed E-state index contributed by atoms with van der Waals surface area (Å²) in [5.41, 5.74) is 2.53. The van der Waals surface area contributed by atoms with Crippen LogP contribution in [0.4, 0.5) is 0 Å². The molecule has 0 aliphatic carbocycles. The number of H-pyrrole nitrogens is 1. The second-order valence-corrected chi connectivity index (χ2v) is 12.6. The van der Waals surface area contributed by atoms with E-state index in [1.165, 1.54) is 0 Å². The van der Waals surface area contributed by atoms with Gasteiger partial charge in [-0.1, -0.05) is 20.8 Å². The zero-order valence-corrected chi connectivity index (χ0v) is 16.5. The summed E-state index contributed by atoms with van der Waals surface area (Å²) in [6, 6.07) is 7.94. The first-order valence-electron chi connectivity index (χ1n) is 8.53. The average molecular weight is 359 g/mol. The van der Waals surface area contributed by atoms with E-state index in [0.29, 0.717) is 6.54 Å². The molecule has 2 aromatic heterocycles. The van der Waals surface area contributed by atoms with Crippen molar-refractivity contribution in [2.24, 2.45) is 0 Å². The Labute approximate surface area is 149 Å². The predicted octanol–water partition coefficient (Wildman–Crippen LogP) is 3.80. The van der Waals surface area contributed by atoms with Crippen molar-refractivity contribution >= 4 is 19.2 Å². The molecule has 0 atom stereocenters. The van der Waals surface area contributed by atoms with Gasteiger partial charge in [-0.3, -0.25) is 9.78 Å². The second-order valence-electron chi connectivity index (χ2n) is 7.83. The van der Waals surface area contributed by atoms with Crippen molar-refractivity contribution in [3.63, 3.8) is 0 Å². The van der Waals surface area contributed by atoms with E-state index >= 15 is 0 Å². The number of aliphatic hydroxyl groups is 1. The van der Waals surface area contributed by atoms with Crippen LogP contribution >= 0.6 is 0 Å². The van der Waals surface area contributed by atoms with Crippen LogP contribution in [0.15, 0.2) is 30.5 Å². The molecule has 7 heteroatoms. The van der Waals surface area contributed by atoms with Crippen LogP contribution in [0.3, 0.4) is 0 Å². The van der Waals surface area contributed by atoms with Gasteiger partial charge in [0.05, 0.1) is 18.7 Å². The van der Waals surface area contributed by atoms with Gasteiger partial charge < -0.3 is 9.53 Å². The molecule has 6 nitrogen and oxygen atoms in total. The van der Waals surface area contributed by atoms with Crippen molar-refractivity contribution in [1.29, 1.82) is 0 Å². The van der Waals surface area contributed by atoms with Gasteiger partial charge in [-0.05, 0) is 42.4 Å². The maximum Gasteiger partial charge on any atom is 0.250 e. The molecule has 2 heterocycles. The number of aliphatic hydroxyl groups excluding tert-OH is 1. The molecule has 0 unspecified atom stereocenters. The van der Waals surface area contributed by atoms with Crippen molar-refractivity contribution in [3.05, 3.63) is 30.5 Å². The lowest BCUT2D eigenvalue weighted by molar-refractivity contribution is 0.269. The minimum absolute atomic E-state index is 0.0624. The Bertz CT molecular complexity index is 877. The van der Waals surface area contributed by atoms with E-state index in [-0.39, 0.29) is 11.6 Å². The van der Waals surface area contributed by atoms with Gasteiger partial charge in [-0.2, -0.15) is 10.2 Å². The van der Waals surface area contributed by atoms with Crippen LogP contribution < -0.4 is 4.43 Å². The number of benzene rings is 1. The monoisotopic (exact) mass is 358 g/mol. The molecule has 0 aliphatic rings. The normalized spacial score (nSPS) is 12.7. The molecule has 0 amide bonds. The lowest BCUT2D eigenvalue weighted by Gasteiger charge is -2.36. The summed E-state index contributed by atoms with van der Waals surface area (Å²) in [7, 11) is -1.89. The molecule has 0 bridgehead atoms. The number of hydrogen-bond donors (Lipinski definition) is 2. The second kappa shape index (κ2) is 6.31. The SMILES string of the molecule is CC(C)(C)[Si](C)(C)Oc1ccc2[nH]nc(-c3ccn(CCO)n3)c2c1. The maximum atomic E-state index is 9.05. The van der Waals surface area contributed by atoms with Gasteiger partial charge in [-0.25, -0.2) is 0 Å². The van der Waals surface area contributed by atoms with Crippen LogP contribution in [0.2, 0.25) is 18.1 Å². The van der Waals surface area contributed by atoms with Gasteiger partial charge in [-0.15, -0.1) is 0 Å². The third-order valence-electron chi connectivity index (χ3n) is 4.93. The van der Waals surface area contributed by atoms with E-state index in [1.54, 1.807) is 4.68 Å². The van der Waals surface area contributed by atoms with Crippen LogP contribution in [0.1, 0.15) is 20.8 Å². The Morgan fingerprint density at radius 1 is 1.24 bits per heavy atom. The molecule has 0 aliphatic heterocycles. The fourth-order valence-corrected chi connectivity index (χ4v) is 3.44. The summed E-state index contributed by atoms with van der Waals surface area (Å²) in [4.78, 5) is 0. The molecular weight excluding hydrogens is 332 g/mol. The van der Waals surface area contributed by atoms with Gasteiger partial charge in [0, 0.05) is 11.6 Å². The topological polar surface area (TPSA) is 76.0 Å². The molecule has 3 aromatic rings. The van der Waals surface area contributed by atoms with E-state index < -0.39 is 8.32 Å². The summed E-state index contributed by atoms with van der Waals surface area (Å²) in [5.74, 6) is 0.872. The molecule has 134 valence electrons. The van der Waals surface area contributed by atoms with E-state index in [9.17, 15) is 0 Å². The predicted molar refractivity (Wildman–Crippen MR) is 102 cm³/mol. The molecule has 0 fully saturated rings. The average Bonchev–Trinajstić information content (AvgIpc) is 3.12. The third-order valence-corrected chi connectivity index (χ3v) is 9.28. The zero-order chi connectivity index (χ0) is 18.2. The largest absolute Gasteiger partial charge is 0.543 e. The Hall–Kier alpha value is -2.12. The first-order chi connectivity index (χ1) is 11.7. The minimum Gasteiger partial charge on any atom is -0.543 e. The Balaban J connectivity index is 1.97. The summed E-state index contributed by atoms with van der Waals surface area (Å²) in [6.07, 6.45) is 1.85. The molecular formula is C18H26N4O2Si. The highest BCUT2D eigenvalue weighted by Crippen LogP contribution is 2.38. The summed E-state index contributed by atoms with van der Waals surface area (Å²) in [6.45, 7) is 11.7. The van der Waals surface area contributed by atoms with E-state index in [2.05, 4.69) is 49.2 Å². The first kappa shape index (κ1) is 17.7.